The van der Waals surface area contributed by atoms with Crippen LogP contribution in [0.4, 0.5) is 18.3 Å². The molecule has 1 fully saturated rings. The summed E-state index contributed by atoms with van der Waals surface area (Å²) in [6.45, 7) is 9.59. The maximum absolute atomic E-state index is 12.5. The molecule has 1 saturated heterocycles. The largest absolute Gasteiger partial charge is 0.427 e. The minimum absolute atomic E-state index is 0.103. The van der Waals surface area contributed by atoms with E-state index in [0.717, 1.165) is 43.7 Å². The van der Waals surface area contributed by atoms with E-state index in [0.29, 0.717) is 5.13 Å². The number of thiazole rings is 1. The van der Waals surface area contributed by atoms with Gasteiger partial charge < -0.3 is 4.90 Å². The Kier molecular flexibility index (Phi) is 3.79. The van der Waals surface area contributed by atoms with Gasteiger partial charge in [0.2, 0.25) is 0 Å². The standard InChI is InChI=1S/C12H18F3N3S/c1-11(2,3)18-6-4-17(5-7-18)10-16-8-9(19-10)12(13,14)15/h8H,4-7H2,1-3H3. The molecular formula is C12H18F3N3S. The maximum Gasteiger partial charge on any atom is 0.427 e. The zero-order chi connectivity index (χ0) is 14.3. The molecule has 0 aromatic carbocycles. The highest BCUT2D eigenvalue weighted by atomic mass is 32.1. The van der Waals surface area contributed by atoms with E-state index in [1.54, 1.807) is 0 Å². The van der Waals surface area contributed by atoms with Crippen molar-refractivity contribution in [3.63, 3.8) is 0 Å². The molecule has 0 aliphatic carbocycles. The SMILES string of the molecule is CC(C)(C)N1CCN(c2ncc(C(F)(F)F)s2)CC1. The van der Waals surface area contributed by atoms with Crippen molar-refractivity contribution in [1.29, 1.82) is 0 Å². The number of rotatable bonds is 1. The van der Waals surface area contributed by atoms with Crippen molar-refractivity contribution in [1.82, 2.24) is 9.88 Å². The zero-order valence-corrected chi connectivity index (χ0v) is 12.1. The molecule has 0 N–H and O–H groups in total. The number of nitrogens with zero attached hydrogens (tertiary/aromatic N) is 3. The van der Waals surface area contributed by atoms with E-state index in [2.05, 4.69) is 30.7 Å². The molecule has 3 nitrogen and oxygen atoms in total. The van der Waals surface area contributed by atoms with E-state index < -0.39 is 11.1 Å². The summed E-state index contributed by atoms with van der Waals surface area (Å²) in [7, 11) is 0. The lowest BCUT2D eigenvalue weighted by molar-refractivity contribution is -0.134. The van der Waals surface area contributed by atoms with Crippen molar-refractivity contribution in [3.8, 4) is 0 Å². The molecule has 108 valence electrons. The van der Waals surface area contributed by atoms with Crippen molar-refractivity contribution >= 4 is 16.5 Å². The van der Waals surface area contributed by atoms with Crippen LogP contribution in [-0.2, 0) is 6.18 Å². The first-order valence-corrected chi connectivity index (χ1v) is 7.02. The van der Waals surface area contributed by atoms with Gasteiger partial charge >= 0.3 is 6.18 Å². The van der Waals surface area contributed by atoms with Crippen LogP contribution >= 0.6 is 11.3 Å². The predicted molar refractivity (Wildman–Crippen MR) is 70.7 cm³/mol. The Bertz CT molecular complexity index is 428. The zero-order valence-electron chi connectivity index (χ0n) is 11.3. The molecule has 7 heteroatoms. The van der Waals surface area contributed by atoms with Gasteiger partial charge in [-0.2, -0.15) is 13.2 Å². The van der Waals surface area contributed by atoms with Crippen LogP contribution in [-0.4, -0.2) is 41.6 Å². The first kappa shape index (κ1) is 14.6. The first-order valence-electron chi connectivity index (χ1n) is 6.21. The van der Waals surface area contributed by atoms with Crippen molar-refractivity contribution < 1.29 is 13.2 Å². The third kappa shape index (κ3) is 3.39. The Morgan fingerprint density at radius 2 is 1.68 bits per heavy atom. The van der Waals surface area contributed by atoms with Crippen molar-refractivity contribution in [3.05, 3.63) is 11.1 Å². The van der Waals surface area contributed by atoms with E-state index in [1.807, 2.05) is 4.90 Å². The molecule has 0 atom stereocenters. The van der Waals surface area contributed by atoms with Crippen molar-refractivity contribution in [2.24, 2.45) is 0 Å². The average molecular weight is 293 g/mol. The second kappa shape index (κ2) is 4.94. The Hall–Kier alpha value is -0.820. The molecule has 0 amide bonds. The van der Waals surface area contributed by atoms with Crippen LogP contribution in [0.15, 0.2) is 6.20 Å². The van der Waals surface area contributed by atoms with E-state index in [-0.39, 0.29) is 5.54 Å². The molecule has 1 aliphatic rings. The summed E-state index contributed by atoms with van der Waals surface area (Å²) < 4.78 is 37.6. The Morgan fingerprint density at radius 3 is 2.11 bits per heavy atom. The molecule has 0 radical (unpaired) electrons. The van der Waals surface area contributed by atoms with Crippen LogP contribution in [0.3, 0.4) is 0 Å². The molecule has 2 rings (SSSR count). The number of aromatic nitrogens is 1. The van der Waals surface area contributed by atoms with Crippen LogP contribution in [0, 0.1) is 0 Å². The molecule has 1 aromatic rings. The summed E-state index contributed by atoms with van der Waals surface area (Å²) in [6, 6.07) is 0. The molecular weight excluding hydrogens is 275 g/mol. The highest BCUT2D eigenvalue weighted by Crippen LogP contribution is 2.36. The number of halogens is 3. The van der Waals surface area contributed by atoms with E-state index in [9.17, 15) is 13.2 Å². The fourth-order valence-corrected chi connectivity index (χ4v) is 2.95. The number of hydrogen-bond acceptors (Lipinski definition) is 4. The summed E-state index contributed by atoms with van der Waals surface area (Å²) in [6.07, 6.45) is -3.36. The van der Waals surface area contributed by atoms with Gasteiger partial charge in [0.05, 0.1) is 6.20 Å². The Labute approximate surface area is 115 Å². The van der Waals surface area contributed by atoms with Crippen LogP contribution < -0.4 is 4.90 Å². The number of hydrogen-bond donors (Lipinski definition) is 0. The topological polar surface area (TPSA) is 19.4 Å². The van der Waals surface area contributed by atoms with Crippen molar-refractivity contribution in [2.45, 2.75) is 32.5 Å². The average Bonchev–Trinajstić information content (AvgIpc) is 2.77. The lowest BCUT2D eigenvalue weighted by Crippen LogP contribution is -2.53. The summed E-state index contributed by atoms with van der Waals surface area (Å²) in [5.41, 5.74) is 0.103. The number of piperazine rings is 1. The van der Waals surface area contributed by atoms with Gasteiger partial charge in [0.1, 0.15) is 4.88 Å². The van der Waals surface area contributed by atoms with Crippen molar-refractivity contribution in [2.75, 3.05) is 31.1 Å². The molecule has 19 heavy (non-hydrogen) atoms. The Morgan fingerprint density at radius 1 is 1.11 bits per heavy atom. The lowest BCUT2D eigenvalue weighted by Gasteiger charge is -2.42. The fraction of sp³-hybridized carbons (Fsp3) is 0.750. The van der Waals surface area contributed by atoms with Gasteiger partial charge in [0, 0.05) is 31.7 Å². The smallest absolute Gasteiger partial charge is 0.346 e. The second-order valence-corrected chi connectivity index (χ2v) is 6.66. The van der Waals surface area contributed by atoms with Gasteiger partial charge in [0.15, 0.2) is 5.13 Å². The van der Waals surface area contributed by atoms with Gasteiger partial charge in [-0.3, -0.25) is 4.90 Å². The molecule has 0 saturated carbocycles. The number of anilines is 1. The second-order valence-electron chi connectivity index (χ2n) is 5.65. The van der Waals surface area contributed by atoms with Gasteiger partial charge in [-0.1, -0.05) is 11.3 Å². The summed E-state index contributed by atoms with van der Waals surface area (Å²) in [5, 5.41) is 0.473. The highest BCUT2D eigenvalue weighted by Gasteiger charge is 2.34. The summed E-state index contributed by atoms with van der Waals surface area (Å²) in [4.78, 5) is 7.54. The third-order valence-electron chi connectivity index (χ3n) is 3.27. The number of alkyl halides is 3. The monoisotopic (exact) mass is 293 g/mol. The van der Waals surface area contributed by atoms with Gasteiger partial charge in [-0.05, 0) is 20.8 Å². The van der Waals surface area contributed by atoms with E-state index in [4.69, 9.17) is 0 Å². The molecule has 0 bridgehead atoms. The predicted octanol–water partition coefficient (Wildman–Crippen LogP) is 3.08. The Balaban J connectivity index is 2.00. The molecule has 2 heterocycles. The summed E-state index contributed by atoms with van der Waals surface area (Å²) in [5.74, 6) is 0. The summed E-state index contributed by atoms with van der Waals surface area (Å²) >= 11 is 0.726. The molecule has 1 aliphatic heterocycles. The quantitative estimate of drug-likeness (QED) is 0.793. The highest BCUT2D eigenvalue weighted by molar-refractivity contribution is 7.15. The fourth-order valence-electron chi connectivity index (χ4n) is 2.11. The minimum Gasteiger partial charge on any atom is -0.346 e. The third-order valence-corrected chi connectivity index (χ3v) is 4.37. The van der Waals surface area contributed by atoms with Crippen LogP contribution in [0.1, 0.15) is 25.6 Å². The van der Waals surface area contributed by atoms with Gasteiger partial charge in [-0.15, -0.1) is 0 Å². The maximum atomic E-state index is 12.5. The van der Waals surface area contributed by atoms with Gasteiger partial charge in [0.25, 0.3) is 0 Å². The molecule has 0 spiro atoms. The molecule has 1 aromatic heterocycles. The van der Waals surface area contributed by atoms with Crippen LogP contribution in [0.2, 0.25) is 0 Å². The minimum atomic E-state index is -4.29. The van der Waals surface area contributed by atoms with Crippen LogP contribution in [0.5, 0.6) is 0 Å². The van der Waals surface area contributed by atoms with E-state index >= 15 is 0 Å². The van der Waals surface area contributed by atoms with E-state index in [1.165, 1.54) is 0 Å². The first-order chi connectivity index (χ1) is 8.68. The molecule has 0 unspecified atom stereocenters. The normalized spacial score (nSPS) is 18.9. The lowest BCUT2D eigenvalue weighted by atomic mass is 10.1. The van der Waals surface area contributed by atoms with Gasteiger partial charge in [-0.25, -0.2) is 4.98 Å². The van der Waals surface area contributed by atoms with Crippen LogP contribution in [0.25, 0.3) is 0 Å².